The van der Waals surface area contributed by atoms with Crippen LogP contribution in [0.2, 0.25) is 0 Å². The first-order valence-corrected chi connectivity index (χ1v) is 13.9. The number of sulfonamides is 2. The molecule has 10 nitrogen and oxygen atoms in total. The smallest absolute Gasteiger partial charge is 0.265 e. The number of benzene rings is 2. The van der Waals surface area contributed by atoms with Crippen LogP contribution in [0.1, 0.15) is 19.8 Å². The Labute approximate surface area is 200 Å². The molecule has 0 saturated carbocycles. The third-order valence-electron chi connectivity index (χ3n) is 5.51. The van der Waals surface area contributed by atoms with Gasteiger partial charge in [0.25, 0.3) is 5.91 Å². The fraction of sp³-hybridized carbons (Fsp3) is 0.409. The van der Waals surface area contributed by atoms with Gasteiger partial charge < -0.3 is 14.8 Å². The summed E-state index contributed by atoms with van der Waals surface area (Å²) >= 11 is 0. The third kappa shape index (κ3) is 5.80. The van der Waals surface area contributed by atoms with Gasteiger partial charge in [0.15, 0.2) is 6.10 Å². The molecule has 2 aromatic rings. The van der Waals surface area contributed by atoms with Crippen molar-refractivity contribution in [2.24, 2.45) is 0 Å². The monoisotopic (exact) mass is 511 g/mol. The van der Waals surface area contributed by atoms with Crippen LogP contribution in [0.3, 0.4) is 0 Å². The summed E-state index contributed by atoms with van der Waals surface area (Å²) in [6.45, 7) is 2.49. The number of ether oxygens (including phenoxy) is 2. The molecule has 0 spiro atoms. The van der Waals surface area contributed by atoms with Crippen LogP contribution in [-0.2, 0) is 24.8 Å². The second-order valence-electron chi connectivity index (χ2n) is 7.95. The topological polar surface area (TPSA) is 122 Å². The zero-order valence-electron chi connectivity index (χ0n) is 19.5. The average Bonchev–Trinajstić information content (AvgIpc) is 3.34. The maximum atomic E-state index is 12.9. The molecule has 1 aliphatic rings. The number of rotatable bonds is 9. The molecule has 0 bridgehead atoms. The summed E-state index contributed by atoms with van der Waals surface area (Å²) in [6, 6.07) is 10.6. The van der Waals surface area contributed by atoms with E-state index in [0.29, 0.717) is 30.3 Å². The van der Waals surface area contributed by atoms with Crippen LogP contribution in [0.25, 0.3) is 0 Å². The lowest BCUT2D eigenvalue weighted by Crippen LogP contribution is -2.31. The van der Waals surface area contributed by atoms with Crippen LogP contribution in [-0.4, -0.2) is 66.7 Å². The Morgan fingerprint density at radius 3 is 2.24 bits per heavy atom. The molecular formula is C22H29N3O7S2. The number of nitrogens with zero attached hydrogens (tertiary/aromatic N) is 2. The zero-order valence-corrected chi connectivity index (χ0v) is 21.1. The molecule has 0 radical (unpaired) electrons. The number of carbonyl (C=O) groups is 1. The Morgan fingerprint density at radius 2 is 1.68 bits per heavy atom. The van der Waals surface area contributed by atoms with E-state index >= 15 is 0 Å². The molecule has 0 aliphatic carbocycles. The molecule has 1 aliphatic heterocycles. The lowest BCUT2D eigenvalue weighted by Gasteiger charge is -2.19. The first-order chi connectivity index (χ1) is 15.9. The molecule has 1 heterocycles. The molecule has 0 aromatic heterocycles. The quantitative estimate of drug-likeness (QED) is 0.548. The van der Waals surface area contributed by atoms with E-state index in [2.05, 4.69) is 5.32 Å². The predicted molar refractivity (Wildman–Crippen MR) is 129 cm³/mol. The number of nitrogens with one attached hydrogen (secondary N) is 1. The maximum Gasteiger partial charge on any atom is 0.265 e. The molecule has 2 aromatic carbocycles. The van der Waals surface area contributed by atoms with Crippen LogP contribution in [0.15, 0.2) is 47.4 Å². The molecule has 3 rings (SSSR count). The number of methoxy groups -OCH3 is 1. The summed E-state index contributed by atoms with van der Waals surface area (Å²) in [5.74, 6) is 0.172. The molecular weight excluding hydrogens is 482 g/mol. The third-order valence-corrected chi connectivity index (χ3v) is 8.61. The highest BCUT2D eigenvalue weighted by Gasteiger charge is 2.28. The van der Waals surface area contributed by atoms with Crippen molar-refractivity contribution in [3.05, 3.63) is 42.5 Å². The predicted octanol–water partition coefficient (Wildman–Crippen LogP) is 2.28. The van der Waals surface area contributed by atoms with E-state index in [1.165, 1.54) is 36.7 Å². The maximum absolute atomic E-state index is 12.9. The second kappa shape index (κ2) is 10.2. The molecule has 1 fully saturated rings. The van der Waals surface area contributed by atoms with E-state index in [1.807, 2.05) is 0 Å². The van der Waals surface area contributed by atoms with Crippen molar-refractivity contribution in [3.8, 4) is 11.5 Å². The molecule has 34 heavy (non-hydrogen) atoms. The van der Waals surface area contributed by atoms with Gasteiger partial charge in [-0.05, 0) is 62.2 Å². The van der Waals surface area contributed by atoms with Gasteiger partial charge in [0.2, 0.25) is 20.0 Å². The van der Waals surface area contributed by atoms with Crippen molar-refractivity contribution >= 4 is 37.3 Å². The highest BCUT2D eigenvalue weighted by atomic mass is 32.2. The van der Waals surface area contributed by atoms with Gasteiger partial charge in [-0.25, -0.2) is 16.8 Å². The fourth-order valence-electron chi connectivity index (χ4n) is 3.44. The van der Waals surface area contributed by atoms with Crippen LogP contribution in [0.4, 0.5) is 11.4 Å². The summed E-state index contributed by atoms with van der Waals surface area (Å²) in [5, 5.41) is 2.67. The van der Waals surface area contributed by atoms with Crippen molar-refractivity contribution in [1.82, 2.24) is 4.31 Å². The van der Waals surface area contributed by atoms with Gasteiger partial charge in [0.05, 0.1) is 29.6 Å². The summed E-state index contributed by atoms with van der Waals surface area (Å²) in [5.41, 5.74) is 0.668. The first kappa shape index (κ1) is 25.8. The minimum absolute atomic E-state index is 0.0738. The van der Waals surface area contributed by atoms with Gasteiger partial charge >= 0.3 is 0 Å². The SMILES string of the molecule is COc1ccc(S(=O)(=O)N2CCCC2)cc1NC(=O)[C@@H](C)Oc1ccc(N(C)S(C)(=O)=O)cc1. The highest BCUT2D eigenvalue weighted by molar-refractivity contribution is 7.92. The Kier molecular flexibility index (Phi) is 7.74. The number of amides is 1. The summed E-state index contributed by atoms with van der Waals surface area (Å²) in [4.78, 5) is 12.8. The standard InChI is InChI=1S/C22H29N3O7S2/c1-16(32-18-9-7-17(8-10-18)24(2)33(4,27)28)22(26)23-20-15-19(11-12-21(20)31-3)34(29,30)25-13-5-6-14-25/h7-12,15-16H,5-6,13-14H2,1-4H3,(H,23,26)/t16-/m1/s1. The largest absolute Gasteiger partial charge is 0.495 e. The first-order valence-electron chi connectivity index (χ1n) is 10.6. The van der Waals surface area contributed by atoms with Crippen LogP contribution < -0.4 is 19.1 Å². The van der Waals surface area contributed by atoms with Crippen molar-refractivity contribution in [1.29, 1.82) is 0 Å². The second-order valence-corrected chi connectivity index (χ2v) is 11.9. The highest BCUT2D eigenvalue weighted by Crippen LogP contribution is 2.30. The van der Waals surface area contributed by atoms with Gasteiger partial charge in [-0.3, -0.25) is 9.10 Å². The van der Waals surface area contributed by atoms with Crippen LogP contribution in [0.5, 0.6) is 11.5 Å². The lowest BCUT2D eigenvalue weighted by molar-refractivity contribution is -0.122. The Hall–Kier alpha value is -2.83. The Morgan fingerprint density at radius 1 is 1.06 bits per heavy atom. The Bertz CT molecular complexity index is 1240. The molecule has 186 valence electrons. The van der Waals surface area contributed by atoms with E-state index in [0.717, 1.165) is 23.4 Å². The molecule has 1 amide bonds. The van der Waals surface area contributed by atoms with E-state index in [9.17, 15) is 21.6 Å². The van der Waals surface area contributed by atoms with E-state index in [4.69, 9.17) is 9.47 Å². The normalized spacial score (nSPS) is 15.5. The van der Waals surface area contributed by atoms with Crippen LogP contribution in [0, 0.1) is 0 Å². The molecule has 12 heteroatoms. The molecule has 1 N–H and O–H groups in total. The van der Waals surface area contributed by atoms with Gasteiger partial charge in [0, 0.05) is 20.1 Å². The van der Waals surface area contributed by atoms with Gasteiger partial charge in [-0.1, -0.05) is 0 Å². The molecule has 1 saturated heterocycles. The zero-order chi connectivity index (χ0) is 25.1. The van der Waals surface area contributed by atoms with Crippen LogP contribution >= 0.6 is 0 Å². The number of carbonyl (C=O) groups excluding carboxylic acids is 1. The van der Waals surface area contributed by atoms with Crippen molar-refractivity contribution in [2.75, 3.05) is 43.1 Å². The van der Waals surface area contributed by atoms with Crippen molar-refractivity contribution in [3.63, 3.8) is 0 Å². The van der Waals surface area contributed by atoms with Crippen molar-refractivity contribution < 1.29 is 31.1 Å². The lowest BCUT2D eigenvalue weighted by atomic mass is 10.2. The number of hydrogen-bond donors (Lipinski definition) is 1. The molecule has 1 atom stereocenters. The average molecular weight is 512 g/mol. The summed E-state index contributed by atoms with van der Waals surface area (Å²) < 4.78 is 62.6. The van der Waals surface area contributed by atoms with Gasteiger partial charge in [-0.2, -0.15) is 4.31 Å². The Balaban J connectivity index is 1.73. The van der Waals surface area contributed by atoms with Gasteiger partial charge in [0.1, 0.15) is 11.5 Å². The van der Waals surface area contributed by atoms with E-state index < -0.39 is 32.1 Å². The van der Waals surface area contributed by atoms with E-state index in [1.54, 1.807) is 31.2 Å². The van der Waals surface area contributed by atoms with Gasteiger partial charge in [-0.15, -0.1) is 0 Å². The number of hydrogen-bond acceptors (Lipinski definition) is 7. The summed E-state index contributed by atoms with van der Waals surface area (Å²) in [7, 11) is -4.20. The van der Waals surface area contributed by atoms with Crippen molar-refractivity contribution in [2.45, 2.75) is 30.8 Å². The van der Waals surface area contributed by atoms with E-state index in [-0.39, 0.29) is 10.6 Å². The summed E-state index contributed by atoms with van der Waals surface area (Å²) in [6.07, 6.45) is 1.81. The minimum atomic E-state index is -3.66. The number of anilines is 2. The minimum Gasteiger partial charge on any atom is -0.495 e. The fourth-order valence-corrected chi connectivity index (χ4v) is 5.49. The molecule has 0 unspecified atom stereocenters.